The van der Waals surface area contributed by atoms with E-state index in [0.717, 1.165) is 22.1 Å². The molecule has 2 aromatic heterocycles. The molecule has 0 bridgehead atoms. The van der Waals surface area contributed by atoms with Gasteiger partial charge in [0.2, 0.25) is 5.88 Å². The number of aromatic nitrogens is 2. The second-order valence-corrected chi connectivity index (χ2v) is 9.35. The molecule has 2 amide bonds. The Morgan fingerprint density at radius 2 is 1.94 bits per heavy atom. The Morgan fingerprint density at radius 1 is 1.12 bits per heavy atom. The topological polar surface area (TPSA) is 94.1 Å². The van der Waals surface area contributed by atoms with Crippen molar-refractivity contribution in [1.29, 1.82) is 0 Å². The minimum Gasteiger partial charge on any atom is -0.481 e. The van der Waals surface area contributed by atoms with Gasteiger partial charge >= 0.3 is 12.2 Å². The molecule has 1 aromatic carbocycles. The van der Waals surface area contributed by atoms with Gasteiger partial charge < -0.3 is 19.1 Å². The lowest BCUT2D eigenvalue weighted by Crippen LogP contribution is -2.40. The predicted molar refractivity (Wildman–Crippen MR) is 125 cm³/mol. The van der Waals surface area contributed by atoms with Gasteiger partial charge in [0.15, 0.2) is 5.65 Å². The average Bonchev–Trinajstić information content (AvgIpc) is 2.81. The quantitative estimate of drug-likeness (QED) is 0.544. The number of hydrogen-bond acceptors (Lipinski definition) is 7. The number of nitrogens with zero attached hydrogens (tertiary/aromatic N) is 4. The van der Waals surface area contributed by atoms with Crippen LogP contribution in [0.5, 0.6) is 5.88 Å². The second kappa shape index (κ2) is 8.16. The average molecular weight is 463 g/mol. The number of methoxy groups -OCH3 is 1. The van der Waals surface area contributed by atoms with Crippen LogP contribution in [-0.4, -0.2) is 46.3 Å². The Balaban J connectivity index is 1.50. The predicted octanol–water partition coefficient (Wildman–Crippen LogP) is 4.72. The van der Waals surface area contributed by atoms with E-state index >= 15 is 0 Å². The Kier molecular flexibility index (Phi) is 5.27. The summed E-state index contributed by atoms with van der Waals surface area (Å²) in [5.74, 6) is 0.452. The van der Waals surface area contributed by atoms with E-state index in [2.05, 4.69) is 9.97 Å². The third kappa shape index (κ3) is 3.98. The molecule has 0 atom stereocenters. The number of carbonyl (C=O) groups is 2. The second-order valence-electron chi connectivity index (χ2n) is 9.35. The van der Waals surface area contributed by atoms with Gasteiger partial charge in [0.05, 0.1) is 18.5 Å². The summed E-state index contributed by atoms with van der Waals surface area (Å²) in [4.78, 5) is 37.5. The fourth-order valence-corrected chi connectivity index (χ4v) is 4.26. The molecule has 3 aromatic rings. The lowest BCUT2D eigenvalue weighted by Gasteiger charge is -2.33. The van der Waals surface area contributed by atoms with Crippen LogP contribution in [0, 0.1) is 0 Å². The van der Waals surface area contributed by atoms with E-state index < -0.39 is 11.7 Å². The molecule has 0 saturated heterocycles. The van der Waals surface area contributed by atoms with E-state index in [9.17, 15) is 9.59 Å². The number of cyclic esters (lactones) is 1. The SMILES string of the molecule is COc1ccc2c3c(cnc2n1)COC(=O)N3c1ccc2c(c1)CCN(C(=O)OC(C)(C)C)C2. The first-order valence-corrected chi connectivity index (χ1v) is 11.1. The molecule has 0 fully saturated rings. The van der Waals surface area contributed by atoms with Crippen molar-refractivity contribution in [1.82, 2.24) is 14.9 Å². The first kappa shape index (κ1) is 21.9. The molecule has 34 heavy (non-hydrogen) atoms. The van der Waals surface area contributed by atoms with Crippen LogP contribution in [0.4, 0.5) is 21.0 Å². The van der Waals surface area contributed by atoms with Gasteiger partial charge in [-0.1, -0.05) is 6.07 Å². The third-order valence-electron chi connectivity index (χ3n) is 5.83. The monoisotopic (exact) mass is 462 g/mol. The Hall–Kier alpha value is -3.88. The summed E-state index contributed by atoms with van der Waals surface area (Å²) in [5.41, 5.74) is 4.26. The van der Waals surface area contributed by atoms with Crippen molar-refractivity contribution in [2.45, 2.75) is 45.9 Å². The maximum atomic E-state index is 12.9. The van der Waals surface area contributed by atoms with Gasteiger partial charge in [-0.05, 0) is 56.5 Å². The first-order chi connectivity index (χ1) is 16.2. The standard InChI is InChI=1S/C25H26N4O5/c1-25(2,3)34-23(30)28-10-9-15-11-18(6-5-16(15)13-28)29-21-17(14-33-24(29)31)12-26-22-19(21)7-8-20(27-22)32-4/h5-8,11-12H,9-10,13-14H2,1-4H3. The summed E-state index contributed by atoms with van der Waals surface area (Å²) in [5, 5.41) is 0.740. The lowest BCUT2D eigenvalue weighted by atomic mass is 9.98. The number of benzene rings is 1. The Morgan fingerprint density at radius 3 is 2.71 bits per heavy atom. The molecule has 0 saturated carbocycles. The fourth-order valence-electron chi connectivity index (χ4n) is 4.26. The largest absolute Gasteiger partial charge is 0.481 e. The number of anilines is 2. The van der Waals surface area contributed by atoms with E-state index in [4.69, 9.17) is 14.2 Å². The number of pyridine rings is 2. The van der Waals surface area contributed by atoms with Crippen LogP contribution in [-0.2, 0) is 29.0 Å². The van der Waals surface area contributed by atoms with E-state index in [0.29, 0.717) is 42.4 Å². The van der Waals surface area contributed by atoms with Crippen molar-refractivity contribution in [3.63, 3.8) is 0 Å². The van der Waals surface area contributed by atoms with Crippen LogP contribution >= 0.6 is 0 Å². The van der Waals surface area contributed by atoms with Crippen molar-refractivity contribution in [2.75, 3.05) is 18.6 Å². The van der Waals surface area contributed by atoms with Crippen molar-refractivity contribution >= 4 is 34.6 Å². The highest BCUT2D eigenvalue weighted by Gasteiger charge is 2.32. The summed E-state index contributed by atoms with van der Waals surface area (Å²) in [7, 11) is 1.55. The molecule has 4 heterocycles. The van der Waals surface area contributed by atoms with Crippen molar-refractivity contribution < 1.29 is 23.8 Å². The van der Waals surface area contributed by atoms with Crippen LogP contribution in [0.3, 0.4) is 0 Å². The van der Waals surface area contributed by atoms with Gasteiger partial charge in [-0.25, -0.2) is 19.5 Å². The molecule has 176 valence electrons. The van der Waals surface area contributed by atoms with Crippen molar-refractivity contribution in [3.8, 4) is 5.88 Å². The lowest BCUT2D eigenvalue weighted by molar-refractivity contribution is 0.0224. The summed E-state index contributed by atoms with van der Waals surface area (Å²) in [6.07, 6.45) is 1.56. The molecule has 2 aliphatic rings. The normalized spacial score (nSPS) is 15.5. The number of carbonyl (C=O) groups excluding carboxylic acids is 2. The molecule has 0 N–H and O–H groups in total. The smallest absolute Gasteiger partial charge is 0.419 e. The number of fused-ring (bicyclic) bond motifs is 4. The van der Waals surface area contributed by atoms with E-state index in [1.165, 1.54) is 0 Å². The number of amides is 2. The van der Waals surface area contributed by atoms with E-state index in [-0.39, 0.29) is 12.7 Å². The molecule has 5 rings (SSSR count). The van der Waals surface area contributed by atoms with Crippen LogP contribution < -0.4 is 9.64 Å². The molecule has 0 unspecified atom stereocenters. The summed E-state index contributed by atoms with van der Waals surface area (Å²) < 4.78 is 16.2. The van der Waals surface area contributed by atoms with Gasteiger partial charge in [0.1, 0.15) is 12.2 Å². The van der Waals surface area contributed by atoms with Gasteiger partial charge in [-0.3, -0.25) is 0 Å². The highest BCUT2D eigenvalue weighted by Crippen LogP contribution is 2.39. The van der Waals surface area contributed by atoms with Crippen molar-refractivity contribution in [2.24, 2.45) is 0 Å². The van der Waals surface area contributed by atoms with Gasteiger partial charge in [0, 0.05) is 36.3 Å². The maximum Gasteiger partial charge on any atom is 0.419 e. The fraction of sp³-hybridized carbons (Fsp3) is 0.360. The molecule has 2 aliphatic heterocycles. The molecule has 9 nitrogen and oxygen atoms in total. The number of ether oxygens (including phenoxy) is 3. The summed E-state index contributed by atoms with van der Waals surface area (Å²) in [6, 6.07) is 9.42. The van der Waals surface area contributed by atoms with Gasteiger partial charge in [-0.2, -0.15) is 4.98 Å². The molecule has 0 aliphatic carbocycles. The zero-order valence-corrected chi connectivity index (χ0v) is 19.6. The van der Waals surface area contributed by atoms with Crippen molar-refractivity contribution in [3.05, 3.63) is 53.2 Å². The van der Waals surface area contributed by atoms with Crippen LogP contribution in [0.2, 0.25) is 0 Å². The third-order valence-corrected chi connectivity index (χ3v) is 5.83. The van der Waals surface area contributed by atoms with Crippen LogP contribution in [0.1, 0.15) is 37.5 Å². The minimum absolute atomic E-state index is 0.148. The zero-order chi connectivity index (χ0) is 24.0. The first-order valence-electron chi connectivity index (χ1n) is 11.1. The summed E-state index contributed by atoms with van der Waals surface area (Å²) >= 11 is 0. The van der Waals surface area contributed by atoms with E-state index in [1.54, 1.807) is 29.2 Å². The molecular formula is C25H26N4O5. The summed E-state index contributed by atoms with van der Waals surface area (Å²) in [6.45, 7) is 6.72. The number of rotatable bonds is 2. The van der Waals surface area contributed by atoms with Crippen LogP contribution in [0.25, 0.3) is 11.0 Å². The van der Waals surface area contributed by atoms with Crippen LogP contribution in [0.15, 0.2) is 36.5 Å². The maximum absolute atomic E-state index is 12.9. The number of hydrogen-bond donors (Lipinski definition) is 0. The Bertz CT molecular complexity index is 1300. The van der Waals surface area contributed by atoms with Gasteiger partial charge in [-0.15, -0.1) is 0 Å². The van der Waals surface area contributed by atoms with Gasteiger partial charge in [0.25, 0.3) is 0 Å². The minimum atomic E-state index is -0.542. The molecule has 0 radical (unpaired) electrons. The molecule has 0 spiro atoms. The Labute approximate surface area is 197 Å². The highest BCUT2D eigenvalue weighted by molar-refractivity contribution is 6.06. The molecular weight excluding hydrogens is 436 g/mol. The van der Waals surface area contributed by atoms with E-state index in [1.807, 2.05) is 45.0 Å². The highest BCUT2D eigenvalue weighted by atomic mass is 16.6. The molecule has 9 heteroatoms. The zero-order valence-electron chi connectivity index (χ0n) is 19.6.